The molecule has 0 unspecified atom stereocenters. The molecule has 190 valence electrons. The van der Waals surface area contributed by atoms with Crippen molar-refractivity contribution in [2.24, 2.45) is 0 Å². The first-order valence-corrected chi connectivity index (χ1v) is 10.8. The third-order valence-electron chi connectivity index (χ3n) is 5.89. The SMILES string of the molecule is CCCc1cc(C(F)(F)C(F)(F)C(F)(F)C(F)(F)c2cc(C)c(N)c(CCC)c2)cc(C)c1N. The summed E-state index contributed by atoms with van der Waals surface area (Å²) >= 11 is 0. The van der Waals surface area contributed by atoms with E-state index in [9.17, 15) is 35.1 Å². The fourth-order valence-electron chi connectivity index (χ4n) is 3.81. The van der Waals surface area contributed by atoms with E-state index in [0.29, 0.717) is 37.1 Å². The molecule has 0 radical (unpaired) electrons. The molecule has 2 nitrogen and oxygen atoms in total. The first-order valence-electron chi connectivity index (χ1n) is 10.8. The van der Waals surface area contributed by atoms with E-state index in [-0.39, 0.29) is 46.5 Å². The Hall–Kier alpha value is -2.52. The van der Waals surface area contributed by atoms with Gasteiger partial charge in [0.05, 0.1) is 0 Å². The predicted molar refractivity (Wildman–Crippen MR) is 117 cm³/mol. The van der Waals surface area contributed by atoms with Crippen LogP contribution in [0.1, 0.15) is 60.1 Å². The number of nitrogen functional groups attached to an aromatic ring is 2. The standard InChI is InChI=1S/C24H28F8N2/c1-5-7-15-11-17(9-13(3)19(15)33)21(25,26)23(29,30)24(31,32)22(27,28)18-10-14(4)20(34)16(12-18)8-6-2/h9-12H,5-8,33-34H2,1-4H3. The van der Waals surface area contributed by atoms with E-state index >= 15 is 0 Å². The summed E-state index contributed by atoms with van der Waals surface area (Å²) in [6.45, 7) is 5.82. The minimum atomic E-state index is -6.45. The summed E-state index contributed by atoms with van der Waals surface area (Å²) in [5, 5.41) is 0. The zero-order valence-electron chi connectivity index (χ0n) is 19.3. The molecule has 10 heteroatoms. The third kappa shape index (κ3) is 4.31. The van der Waals surface area contributed by atoms with Gasteiger partial charge in [0.2, 0.25) is 0 Å². The lowest BCUT2D eigenvalue weighted by molar-refractivity contribution is -0.374. The van der Waals surface area contributed by atoms with Gasteiger partial charge in [-0.2, -0.15) is 35.1 Å². The minimum Gasteiger partial charge on any atom is -0.398 e. The van der Waals surface area contributed by atoms with Gasteiger partial charge in [-0.3, -0.25) is 0 Å². The van der Waals surface area contributed by atoms with Crippen LogP contribution in [0.4, 0.5) is 46.5 Å². The van der Waals surface area contributed by atoms with Crippen molar-refractivity contribution in [3.05, 3.63) is 57.6 Å². The normalized spacial score (nSPS) is 13.4. The molecule has 34 heavy (non-hydrogen) atoms. The molecule has 0 heterocycles. The fraction of sp³-hybridized carbons (Fsp3) is 0.500. The van der Waals surface area contributed by atoms with Crippen LogP contribution in [-0.4, -0.2) is 11.8 Å². The van der Waals surface area contributed by atoms with Crippen molar-refractivity contribution in [3.63, 3.8) is 0 Å². The number of rotatable bonds is 9. The highest BCUT2D eigenvalue weighted by molar-refractivity contribution is 5.57. The Bertz CT molecular complexity index is 964. The van der Waals surface area contributed by atoms with Crippen molar-refractivity contribution in [1.82, 2.24) is 0 Å². The summed E-state index contributed by atoms with van der Waals surface area (Å²) in [4.78, 5) is 0. The molecule has 0 amide bonds. The molecule has 0 fully saturated rings. The maximum absolute atomic E-state index is 14.9. The van der Waals surface area contributed by atoms with Gasteiger partial charge in [-0.15, -0.1) is 0 Å². The Kier molecular flexibility index (Phi) is 7.55. The molecule has 2 aromatic rings. The molecule has 4 N–H and O–H groups in total. The lowest BCUT2D eigenvalue weighted by Crippen LogP contribution is -2.59. The zero-order chi connectivity index (χ0) is 26.3. The topological polar surface area (TPSA) is 52.0 Å². The minimum absolute atomic E-state index is 0.0430. The van der Waals surface area contributed by atoms with E-state index in [0.717, 1.165) is 0 Å². The third-order valence-corrected chi connectivity index (χ3v) is 5.89. The van der Waals surface area contributed by atoms with Crippen molar-refractivity contribution >= 4 is 11.4 Å². The Morgan fingerprint density at radius 3 is 1.15 bits per heavy atom. The molecule has 0 aromatic heterocycles. The van der Waals surface area contributed by atoms with E-state index in [1.165, 1.54) is 13.8 Å². The van der Waals surface area contributed by atoms with E-state index in [4.69, 9.17) is 11.5 Å². The second kappa shape index (κ2) is 9.26. The average molecular weight is 496 g/mol. The molecule has 0 saturated carbocycles. The Morgan fingerprint density at radius 1 is 0.588 bits per heavy atom. The highest BCUT2D eigenvalue weighted by Gasteiger charge is 2.81. The van der Waals surface area contributed by atoms with Crippen molar-refractivity contribution in [2.75, 3.05) is 11.5 Å². The number of nitrogens with two attached hydrogens (primary N) is 2. The van der Waals surface area contributed by atoms with Gasteiger partial charge in [0.15, 0.2) is 0 Å². The van der Waals surface area contributed by atoms with Gasteiger partial charge >= 0.3 is 23.7 Å². The number of hydrogen-bond acceptors (Lipinski definition) is 2. The van der Waals surface area contributed by atoms with Crippen LogP contribution in [0.3, 0.4) is 0 Å². The summed E-state index contributed by atoms with van der Waals surface area (Å²) in [5.74, 6) is -24.2. The summed E-state index contributed by atoms with van der Waals surface area (Å²) in [5.41, 5.74) is 8.60. The van der Waals surface area contributed by atoms with Gasteiger partial charge in [0.1, 0.15) is 0 Å². The first-order chi connectivity index (χ1) is 15.5. The number of alkyl halides is 8. The highest BCUT2D eigenvalue weighted by Crippen LogP contribution is 2.59. The lowest BCUT2D eigenvalue weighted by Gasteiger charge is -2.37. The summed E-state index contributed by atoms with van der Waals surface area (Å²) in [7, 11) is 0. The second-order valence-corrected chi connectivity index (χ2v) is 8.53. The summed E-state index contributed by atoms with van der Waals surface area (Å²) < 4.78 is 119. The van der Waals surface area contributed by atoms with Crippen LogP contribution in [0, 0.1) is 13.8 Å². The Labute approximate surface area is 193 Å². The smallest absolute Gasteiger partial charge is 0.382 e. The van der Waals surface area contributed by atoms with E-state index < -0.39 is 34.8 Å². The van der Waals surface area contributed by atoms with E-state index in [1.807, 2.05) is 0 Å². The number of aryl methyl sites for hydroxylation is 4. The monoisotopic (exact) mass is 496 g/mol. The van der Waals surface area contributed by atoms with Crippen LogP contribution >= 0.6 is 0 Å². The Balaban J connectivity index is 2.66. The maximum atomic E-state index is 14.9. The van der Waals surface area contributed by atoms with Crippen LogP contribution in [0.2, 0.25) is 0 Å². The van der Waals surface area contributed by atoms with E-state index in [2.05, 4.69) is 0 Å². The number of halogens is 8. The van der Waals surface area contributed by atoms with Crippen molar-refractivity contribution in [2.45, 2.75) is 77.1 Å². The quantitative estimate of drug-likeness (QED) is 0.279. The van der Waals surface area contributed by atoms with Gasteiger partial charge in [-0.05, 0) is 73.2 Å². The number of anilines is 2. The van der Waals surface area contributed by atoms with Gasteiger partial charge < -0.3 is 11.5 Å². The average Bonchev–Trinajstić information content (AvgIpc) is 2.74. The van der Waals surface area contributed by atoms with Crippen LogP contribution < -0.4 is 11.5 Å². The summed E-state index contributed by atoms with van der Waals surface area (Å²) in [6, 6.07) is 2.17. The van der Waals surface area contributed by atoms with Gasteiger partial charge in [0, 0.05) is 22.5 Å². The molecule has 2 rings (SSSR count). The fourth-order valence-corrected chi connectivity index (χ4v) is 3.81. The Morgan fingerprint density at radius 2 is 0.882 bits per heavy atom. The molecule has 2 aromatic carbocycles. The molecule has 0 aliphatic heterocycles. The van der Waals surface area contributed by atoms with E-state index in [1.54, 1.807) is 13.8 Å². The largest absolute Gasteiger partial charge is 0.398 e. The molecular weight excluding hydrogens is 468 g/mol. The van der Waals surface area contributed by atoms with Crippen molar-refractivity contribution < 1.29 is 35.1 Å². The van der Waals surface area contributed by atoms with Crippen LogP contribution in [0.5, 0.6) is 0 Å². The molecule has 0 aliphatic rings. The van der Waals surface area contributed by atoms with Crippen LogP contribution in [0.15, 0.2) is 24.3 Å². The highest BCUT2D eigenvalue weighted by atomic mass is 19.4. The number of benzene rings is 2. The molecule has 0 spiro atoms. The maximum Gasteiger partial charge on any atom is 0.382 e. The predicted octanol–water partition coefficient (Wildman–Crippen LogP) is 7.53. The van der Waals surface area contributed by atoms with Gasteiger partial charge in [-0.25, -0.2) is 0 Å². The zero-order valence-corrected chi connectivity index (χ0v) is 19.3. The molecule has 0 saturated heterocycles. The van der Waals surface area contributed by atoms with Crippen LogP contribution in [-0.2, 0) is 24.7 Å². The summed E-state index contributed by atoms with van der Waals surface area (Å²) in [6.07, 6.45) is 1.03. The molecule has 0 aliphatic carbocycles. The van der Waals surface area contributed by atoms with Gasteiger partial charge in [0.25, 0.3) is 0 Å². The number of hydrogen-bond donors (Lipinski definition) is 2. The van der Waals surface area contributed by atoms with Crippen molar-refractivity contribution in [3.8, 4) is 0 Å². The molecular formula is C24H28F8N2. The lowest BCUT2D eigenvalue weighted by atomic mass is 9.87. The van der Waals surface area contributed by atoms with Crippen LogP contribution in [0.25, 0.3) is 0 Å². The molecule has 0 bridgehead atoms. The molecule has 0 atom stereocenters. The van der Waals surface area contributed by atoms with Crippen molar-refractivity contribution in [1.29, 1.82) is 0 Å². The van der Waals surface area contributed by atoms with Gasteiger partial charge in [-0.1, -0.05) is 26.7 Å². The second-order valence-electron chi connectivity index (χ2n) is 8.53. The first kappa shape index (κ1) is 27.7.